The molecule has 1 aromatic heterocycles. The third-order valence-corrected chi connectivity index (χ3v) is 4.58. The molecule has 1 fully saturated rings. The maximum absolute atomic E-state index is 14.4. The number of halogens is 1. The van der Waals surface area contributed by atoms with E-state index in [2.05, 4.69) is 10.3 Å². The number of ether oxygens (including phenoxy) is 3. The van der Waals surface area contributed by atoms with Crippen LogP contribution in [-0.2, 0) is 19.0 Å². The molecule has 10 heteroatoms. The fourth-order valence-corrected chi connectivity index (χ4v) is 2.89. The second kappa shape index (κ2) is 9.63. The van der Waals surface area contributed by atoms with Crippen LogP contribution in [0.15, 0.2) is 11.0 Å². The molecule has 1 amide bonds. The van der Waals surface area contributed by atoms with Crippen LogP contribution in [-0.4, -0.2) is 40.4 Å². The van der Waals surface area contributed by atoms with E-state index in [4.69, 9.17) is 14.2 Å². The van der Waals surface area contributed by atoms with Crippen molar-refractivity contribution < 1.29 is 28.2 Å². The minimum Gasteiger partial charge on any atom is -0.457 e. The SMILES string of the molecule is CCCCCOC(=O)Nc1nc(=O)n([C@@H]2O[C@H](C)[C@@H](C)[C@H]2OC(C)=O)cc1F. The van der Waals surface area contributed by atoms with Crippen molar-refractivity contribution >= 4 is 17.9 Å². The number of esters is 1. The van der Waals surface area contributed by atoms with Crippen LogP contribution in [0.25, 0.3) is 0 Å². The third-order valence-electron chi connectivity index (χ3n) is 4.58. The first kappa shape index (κ1) is 21.8. The molecule has 1 aromatic rings. The number of unbranched alkanes of at least 4 members (excludes halogenated alkanes) is 2. The van der Waals surface area contributed by atoms with Crippen molar-refractivity contribution in [2.45, 2.75) is 65.4 Å². The zero-order valence-corrected chi connectivity index (χ0v) is 16.4. The highest BCUT2D eigenvalue weighted by molar-refractivity contribution is 5.83. The Hall–Kier alpha value is -2.49. The fraction of sp³-hybridized carbons (Fsp3) is 0.667. The second-order valence-electron chi connectivity index (χ2n) is 6.76. The lowest BCUT2D eigenvalue weighted by atomic mass is 10.0. The Morgan fingerprint density at radius 3 is 2.71 bits per heavy atom. The van der Waals surface area contributed by atoms with E-state index < -0.39 is 41.7 Å². The summed E-state index contributed by atoms with van der Waals surface area (Å²) in [6, 6.07) is 0. The number of carbonyl (C=O) groups excluding carboxylic acids is 2. The molecule has 0 saturated carbocycles. The molecule has 1 saturated heterocycles. The van der Waals surface area contributed by atoms with Gasteiger partial charge in [-0.1, -0.05) is 26.7 Å². The summed E-state index contributed by atoms with van der Waals surface area (Å²) in [5.74, 6) is -2.22. The van der Waals surface area contributed by atoms with E-state index in [0.717, 1.165) is 23.6 Å². The number of anilines is 1. The maximum Gasteiger partial charge on any atom is 0.412 e. The second-order valence-corrected chi connectivity index (χ2v) is 6.76. The number of hydrogen-bond acceptors (Lipinski definition) is 7. The van der Waals surface area contributed by atoms with Gasteiger partial charge in [0.05, 0.1) is 18.9 Å². The van der Waals surface area contributed by atoms with E-state index in [1.54, 1.807) is 13.8 Å². The number of amides is 1. The van der Waals surface area contributed by atoms with Gasteiger partial charge in [0, 0.05) is 12.8 Å². The molecule has 0 spiro atoms. The minimum atomic E-state index is -1.02. The highest BCUT2D eigenvalue weighted by Gasteiger charge is 2.43. The summed E-state index contributed by atoms with van der Waals surface area (Å²) < 4.78 is 31.2. The number of carbonyl (C=O) groups is 2. The van der Waals surface area contributed by atoms with Crippen molar-refractivity contribution in [3.8, 4) is 0 Å². The van der Waals surface area contributed by atoms with Gasteiger partial charge < -0.3 is 14.2 Å². The highest BCUT2D eigenvalue weighted by atomic mass is 19.1. The molecule has 2 rings (SSSR count). The average molecular weight is 399 g/mol. The van der Waals surface area contributed by atoms with Crippen LogP contribution in [0.4, 0.5) is 15.0 Å². The Morgan fingerprint density at radius 1 is 1.36 bits per heavy atom. The number of hydrogen-bond donors (Lipinski definition) is 1. The van der Waals surface area contributed by atoms with E-state index in [0.29, 0.717) is 6.42 Å². The van der Waals surface area contributed by atoms with Crippen LogP contribution < -0.4 is 11.0 Å². The standard InChI is InChI=1S/C18H26FN3O6/c1-5-6-7-8-26-18(25)21-15-13(19)9-22(17(24)20-15)16-14(28-12(4)23)10(2)11(3)27-16/h9-11,14,16H,5-8H2,1-4H3,(H,20,21,24,25)/t10-,11-,14-,16-/m1/s1. The molecule has 2 heterocycles. The van der Waals surface area contributed by atoms with Crippen molar-refractivity contribution in [2.24, 2.45) is 5.92 Å². The van der Waals surface area contributed by atoms with Crippen molar-refractivity contribution in [2.75, 3.05) is 11.9 Å². The molecule has 1 N–H and O–H groups in total. The lowest BCUT2D eigenvalue weighted by Gasteiger charge is -2.22. The Labute approximate surface area is 162 Å². The van der Waals surface area contributed by atoms with Gasteiger partial charge in [-0.15, -0.1) is 0 Å². The van der Waals surface area contributed by atoms with Gasteiger partial charge in [-0.05, 0) is 13.3 Å². The van der Waals surface area contributed by atoms with E-state index in [9.17, 15) is 18.8 Å². The number of nitrogens with one attached hydrogen (secondary N) is 1. The topological polar surface area (TPSA) is 109 Å². The zero-order valence-electron chi connectivity index (χ0n) is 16.4. The third kappa shape index (κ3) is 5.28. The lowest BCUT2D eigenvalue weighted by molar-refractivity contribution is -0.153. The molecule has 4 atom stereocenters. The first-order valence-electron chi connectivity index (χ1n) is 9.29. The maximum atomic E-state index is 14.4. The van der Waals surface area contributed by atoms with Crippen LogP contribution in [0.2, 0.25) is 0 Å². The van der Waals surface area contributed by atoms with Crippen LogP contribution in [0.5, 0.6) is 0 Å². The number of rotatable bonds is 7. The molecule has 0 unspecified atom stereocenters. The molecule has 0 bridgehead atoms. The molecular formula is C18H26FN3O6. The molecule has 1 aliphatic rings. The molecule has 0 aliphatic carbocycles. The Kier molecular flexibility index (Phi) is 7.50. The van der Waals surface area contributed by atoms with Crippen molar-refractivity contribution in [1.29, 1.82) is 0 Å². The fourth-order valence-electron chi connectivity index (χ4n) is 2.89. The van der Waals surface area contributed by atoms with Gasteiger partial charge >= 0.3 is 17.8 Å². The Morgan fingerprint density at radius 2 is 2.07 bits per heavy atom. The summed E-state index contributed by atoms with van der Waals surface area (Å²) >= 11 is 0. The zero-order chi connectivity index (χ0) is 20.8. The first-order valence-corrected chi connectivity index (χ1v) is 9.29. The molecule has 1 aliphatic heterocycles. The molecule has 0 radical (unpaired) electrons. The molecular weight excluding hydrogens is 373 g/mol. The van der Waals surface area contributed by atoms with Crippen molar-refractivity contribution in [3.05, 3.63) is 22.5 Å². The van der Waals surface area contributed by atoms with Gasteiger partial charge in [0.1, 0.15) is 0 Å². The molecule has 0 aromatic carbocycles. The van der Waals surface area contributed by atoms with Gasteiger partial charge in [0.15, 0.2) is 24.0 Å². The minimum absolute atomic E-state index is 0.189. The Bertz CT molecular complexity index is 768. The van der Waals surface area contributed by atoms with Crippen molar-refractivity contribution in [1.82, 2.24) is 9.55 Å². The Balaban J connectivity index is 2.15. The smallest absolute Gasteiger partial charge is 0.412 e. The van der Waals surface area contributed by atoms with E-state index >= 15 is 0 Å². The number of nitrogens with zero attached hydrogens (tertiary/aromatic N) is 2. The van der Waals surface area contributed by atoms with Crippen LogP contribution in [0.3, 0.4) is 0 Å². The summed E-state index contributed by atoms with van der Waals surface area (Å²) in [6.45, 7) is 7.01. The van der Waals surface area contributed by atoms with Crippen molar-refractivity contribution in [3.63, 3.8) is 0 Å². The average Bonchev–Trinajstić information content (AvgIpc) is 2.89. The van der Waals surface area contributed by atoms with Crippen LogP contribution >= 0.6 is 0 Å². The van der Waals surface area contributed by atoms with E-state index in [1.165, 1.54) is 6.92 Å². The van der Waals surface area contributed by atoms with Gasteiger partial charge in [-0.25, -0.2) is 14.0 Å². The highest BCUT2D eigenvalue weighted by Crippen LogP contribution is 2.35. The van der Waals surface area contributed by atoms with Crippen LogP contribution in [0.1, 0.15) is 53.2 Å². The van der Waals surface area contributed by atoms with Gasteiger partial charge in [0.2, 0.25) is 0 Å². The number of aromatic nitrogens is 2. The predicted molar refractivity (Wildman–Crippen MR) is 97.3 cm³/mol. The van der Waals surface area contributed by atoms with Gasteiger partial charge in [0.25, 0.3) is 0 Å². The van der Waals surface area contributed by atoms with Gasteiger partial charge in [-0.3, -0.25) is 14.7 Å². The monoisotopic (exact) mass is 399 g/mol. The normalized spacial score (nSPS) is 24.0. The van der Waals surface area contributed by atoms with Gasteiger partial charge in [-0.2, -0.15) is 4.98 Å². The summed E-state index contributed by atoms with van der Waals surface area (Å²) in [6.07, 6.45) is 0.429. The van der Waals surface area contributed by atoms with Crippen LogP contribution in [0, 0.1) is 11.7 Å². The summed E-state index contributed by atoms with van der Waals surface area (Å²) in [5.41, 5.74) is -0.855. The molecule has 28 heavy (non-hydrogen) atoms. The molecule has 9 nitrogen and oxygen atoms in total. The quantitative estimate of drug-likeness (QED) is 0.554. The molecule has 156 valence electrons. The van der Waals surface area contributed by atoms with E-state index in [1.807, 2.05) is 6.92 Å². The first-order chi connectivity index (χ1) is 13.2. The van der Waals surface area contributed by atoms with E-state index in [-0.39, 0.29) is 18.6 Å². The largest absolute Gasteiger partial charge is 0.457 e. The summed E-state index contributed by atoms with van der Waals surface area (Å²) in [5, 5.41) is 2.12. The summed E-state index contributed by atoms with van der Waals surface area (Å²) in [7, 11) is 0. The lowest BCUT2D eigenvalue weighted by Crippen LogP contribution is -2.36. The summed E-state index contributed by atoms with van der Waals surface area (Å²) in [4.78, 5) is 39.0. The predicted octanol–water partition coefficient (Wildman–Crippen LogP) is 2.61.